The fraction of sp³-hybridized carbons (Fsp3) is 0.200. The van der Waals surface area contributed by atoms with Crippen molar-refractivity contribution in [2.24, 2.45) is 5.73 Å². The van der Waals surface area contributed by atoms with Crippen molar-refractivity contribution in [2.45, 2.75) is 24.9 Å². The molecule has 4 rings (SSSR count). The van der Waals surface area contributed by atoms with Gasteiger partial charge in [0.25, 0.3) is 0 Å². The van der Waals surface area contributed by atoms with Gasteiger partial charge in [0, 0.05) is 12.5 Å². The molecule has 158 valence electrons. The zero-order valence-corrected chi connectivity index (χ0v) is 17.0. The first-order valence-electron chi connectivity index (χ1n) is 10.2. The van der Waals surface area contributed by atoms with Crippen LogP contribution in [-0.4, -0.2) is 29.8 Å². The van der Waals surface area contributed by atoms with Crippen molar-refractivity contribution in [3.8, 4) is 11.1 Å². The molecular weight excluding hydrogens is 392 g/mol. The van der Waals surface area contributed by atoms with E-state index in [-0.39, 0.29) is 25.5 Å². The van der Waals surface area contributed by atoms with Gasteiger partial charge in [0.15, 0.2) is 0 Å². The molecule has 1 amide bonds. The van der Waals surface area contributed by atoms with Gasteiger partial charge in [-0.05, 0) is 39.8 Å². The third kappa shape index (κ3) is 4.44. The van der Waals surface area contributed by atoms with Crippen LogP contribution in [0.2, 0.25) is 0 Å². The number of carbonyl (C=O) groups is 2. The lowest BCUT2D eigenvalue weighted by molar-refractivity contribution is -0.138. The minimum Gasteiger partial charge on any atom is -0.480 e. The van der Waals surface area contributed by atoms with Gasteiger partial charge in [0.1, 0.15) is 12.6 Å². The van der Waals surface area contributed by atoms with Crippen molar-refractivity contribution in [3.05, 3.63) is 95.1 Å². The van der Waals surface area contributed by atoms with Gasteiger partial charge in [-0.2, -0.15) is 0 Å². The van der Waals surface area contributed by atoms with Crippen molar-refractivity contribution in [1.29, 1.82) is 0 Å². The molecule has 0 spiro atoms. The standard InChI is InChI=1S/C25H24N2O4/c26-23(24(28)29)13-16-7-1-2-8-17(16)14-27-25(30)31-15-22-20-11-5-3-9-18(20)19-10-4-6-12-21(19)22/h1-12,22-23H,13-15,26H2,(H,27,30)(H,28,29). The highest BCUT2D eigenvalue weighted by molar-refractivity contribution is 5.79. The number of rotatable bonds is 7. The van der Waals surface area contributed by atoms with Gasteiger partial charge >= 0.3 is 12.1 Å². The van der Waals surface area contributed by atoms with Crippen LogP contribution in [0.15, 0.2) is 72.8 Å². The Morgan fingerprint density at radius 2 is 1.45 bits per heavy atom. The van der Waals surface area contributed by atoms with Crippen LogP contribution in [0.25, 0.3) is 11.1 Å². The normalized spacial score (nSPS) is 13.2. The van der Waals surface area contributed by atoms with E-state index in [9.17, 15) is 9.59 Å². The molecule has 4 N–H and O–H groups in total. The van der Waals surface area contributed by atoms with Crippen LogP contribution < -0.4 is 11.1 Å². The number of ether oxygens (including phenoxy) is 1. The molecule has 1 aliphatic rings. The number of benzene rings is 3. The van der Waals surface area contributed by atoms with Crippen LogP contribution in [0.4, 0.5) is 4.79 Å². The molecule has 1 atom stereocenters. The second kappa shape index (κ2) is 9.02. The number of nitrogens with two attached hydrogens (primary N) is 1. The monoisotopic (exact) mass is 416 g/mol. The third-order valence-electron chi connectivity index (χ3n) is 5.64. The average molecular weight is 416 g/mol. The lowest BCUT2D eigenvalue weighted by atomic mass is 9.98. The first kappa shape index (κ1) is 20.6. The van der Waals surface area contributed by atoms with E-state index < -0.39 is 18.1 Å². The molecule has 0 aliphatic heterocycles. The maximum absolute atomic E-state index is 12.4. The van der Waals surface area contributed by atoms with Gasteiger partial charge in [-0.1, -0.05) is 72.8 Å². The first-order chi connectivity index (χ1) is 15.0. The zero-order valence-electron chi connectivity index (χ0n) is 17.0. The molecule has 3 aromatic carbocycles. The second-order valence-corrected chi connectivity index (χ2v) is 7.60. The summed E-state index contributed by atoms with van der Waals surface area (Å²) in [5, 5.41) is 11.8. The SMILES string of the molecule is NC(Cc1ccccc1CNC(=O)OCC1c2ccccc2-c2ccccc21)C(=O)O. The van der Waals surface area contributed by atoms with E-state index in [1.54, 1.807) is 0 Å². The Hall–Kier alpha value is -3.64. The Balaban J connectivity index is 1.39. The van der Waals surface area contributed by atoms with E-state index in [0.717, 1.165) is 22.3 Å². The molecule has 0 heterocycles. The maximum atomic E-state index is 12.4. The Morgan fingerprint density at radius 1 is 0.903 bits per heavy atom. The Bertz CT molecular complexity index is 1070. The molecule has 31 heavy (non-hydrogen) atoms. The molecule has 0 saturated carbocycles. The van der Waals surface area contributed by atoms with Gasteiger partial charge in [-0.3, -0.25) is 4.79 Å². The highest BCUT2D eigenvalue weighted by Crippen LogP contribution is 2.44. The molecule has 0 saturated heterocycles. The van der Waals surface area contributed by atoms with Crippen molar-refractivity contribution in [1.82, 2.24) is 5.32 Å². The summed E-state index contributed by atoms with van der Waals surface area (Å²) in [6.07, 6.45) is -0.322. The number of carboxylic acids is 1. The summed E-state index contributed by atoms with van der Waals surface area (Å²) in [6, 6.07) is 22.7. The number of nitrogens with one attached hydrogen (secondary N) is 1. The number of alkyl carbamates (subject to hydrolysis) is 1. The van der Waals surface area contributed by atoms with Gasteiger partial charge in [0.2, 0.25) is 0 Å². The average Bonchev–Trinajstić information content (AvgIpc) is 3.11. The maximum Gasteiger partial charge on any atom is 0.407 e. The summed E-state index contributed by atoms with van der Waals surface area (Å²) >= 11 is 0. The zero-order chi connectivity index (χ0) is 21.8. The molecule has 1 unspecified atom stereocenters. The van der Waals surface area contributed by atoms with Gasteiger partial charge in [0.05, 0.1) is 0 Å². The number of hydrogen-bond acceptors (Lipinski definition) is 4. The van der Waals surface area contributed by atoms with Crippen LogP contribution in [-0.2, 0) is 22.5 Å². The lowest BCUT2D eigenvalue weighted by Crippen LogP contribution is -2.33. The highest BCUT2D eigenvalue weighted by atomic mass is 16.5. The fourth-order valence-corrected chi connectivity index (χ4v) is 4.07. The molecule has 0 radical (unpaired) electrons. The van der Waals surface area contributed by atoms with Gasteiger partial charge in [-0.15, -0.1) is 0 Å². The quantitative estimate of drug-likeness (QED) is 0.545. The van der Waals surface area contributed by atoms with Crippen LogP contribution in [0.1, 0.15) is 28.2 Å². The Labute approximate surface area is 180 Å². The molecule has 0 fully saturated rings. The molecular formula is C25H24N2O4. The minimum absolute atomic E-state index is 0.000925. The molecule has 0 aromatic heterocycles. The van der Waals surface area contributed by atoms with Gasteiger partial charge < -0.3 is 20.9 Å². The lowest BCUT2D eigenvalue weighted by Gasteiger charge is -2.16. The van der Waals surface area contributed by atoms with Crippen LogP contribution in [0.5, 0.6) is 0 Å². The number of fused-ring (bicyclic) bond motifs is 3. The minimum atomic E-state index is -1.06. The summed E-state index contributed by atoms with van der Waals surface area (Å²) < 4.78 is 5.55. The van der Waals surface area contributed by atoms with E-state index in [2.05, 4.69) is 29.6 Å². The van der Waals surface area contributed by atoms with E-state index in [0.29, 0.717) is 0 Å². The predicted octanol–water partition coefficient (Wildman–Crippen LogP) is 3.68. The third-order valence-corrected chi connectivity index (χ3v) is 5.64. The van der Waals surface area contributed by atoms with Crippen molar-refractivity contribution < 1.29 is 19.4 Å². The largest absolute Gasteiger partial charge is 0.480 e. The van der Waals surface area contributed by atoms with Crippen molar-refractivity contribution >= 4 is 12.1 Å². The molecule has 6 nitrogen and oxygen atoms in total. The van der Waals surface area contributed by atoms with Crippen LogP contribution >= 0.6 is 0 Å². The number of carbonyl (C=O) groups excluding carboxylic acids is 1. The topological polar surface area (TPSA) is 102 Å². The summed E-state index contributed by atoms with van der Waals surface area (Å²) in [4.78, 5) is 23.4. The molecule has 1 aliphatic carbocycles. The second-order valence-electron chi connectivity index (χ2n) is 7.60. The summed E-state index contributed by atoms with van der Waals surface area (Å²) in [5.41, 5.74) is 11.9. The number of aliphatic carboxylic acids is 1. The summed E-state index contributed by atoms with van der Waals surface area (Å²) in [5.74, 6) is -1.06. The van der Waals surface area contributed by atoms with Crippen molar-refractivity contribution in [2.75, 3.05) is 6.61 Å². The summed E-state index contributed by atoms with van der Waals surface area (Å²) in [7, 11) is 0. The van der Waals surface area contributed by atoms with E-state index in [4.69, 9.17) is 15.6 Å². The van der Waals surface area contributed by atoms with E-state index >= 15 is 0 Å². The number of hydrogen-bond donors (Lipinski definition) is 3. The number of amides is 1. The number of carboxylic acid groups (broad SMARTS) is 1. The van der Waals surface area contributed by atoms with Crippen LogP contribution in [0, 0.1) is 0 Å². The smallest absolute Gasteiger partial charge is 0.407 e. The Morgan fingerprint density at radius 3 is 2.06 bits per heavy atom. The predicted molar refractivity (Wildman–Crippen MR) is 118 cm³/mol. The summed E-state index contributed by atoms with van der Waals surface area (Å²) in [6.45, 7) is 0.477. The van der Waals surface area contributed by atoms with Crippen molar-refractivity contribution in [3.63, 3.8) is 0 Å². The fourth-order valence-electron chi connectivity index (χ4n) is 4.07. The van der Waals surface area contributed by atoms with E-state index in [1.807, 2.05) is 48.5 Å². The van der Waals surface area contributed by atoms with Crippen LogP contribution in [0.3, 0.4) is 0 Å². The first-order valence-corrected chi connectivity index (χ1v) is 10.2. The highest BCUT2D eigenvalue weighted by Gasteiger charge is 2.29. The molecule has 3 aromatic rings. The molecule has 0 bridgehead atoms. The van der Waals surface area contributed by atoms with E-state index in [1.165, 1.54) is 11.1 Å². The van der Waals surface area contributed by atoms with Gasteiger partial charge in [-0.25, -0.2) is 4.79 Å². The Kier molecular flexibility index (Phi) is 6.00. The molecule has 6 heteroatoms.